The summed E-state index contributed by atoms with van der Waals surface area (Å²) in [6, 6.07) is 8.22. The predicted octanol–water partition coefficient (Wildman–Crippen LogP) is 2.80. The second kappa shape index (κ2) is 9.94. The summed E-state index contributed by atoms with van der Waals surface area (Å²) in [5.41, 5.74) is 1.40. The van der Waals surface area contributed by atoms with E-state index in [1.807, 2.05) is 18.4 Å². The maximum absolute atomic E-state index is 11.5. The summed E-state index contributed by atoms with van der Waals surface area (Å²) in [5.74, 6) is -0.419. The molecule has 2 rings (SSSR count). The normalized spacial score (nSPS) is 16.4. The Kier molecular flexibility index (Phi) is 7.93. The molecule has 0 unspecified atom stereocenters. The minimum Gasteiger partial charge on any atom is -0.463 e. The Morgan fingerprint density at radius 2 is 1.92 bits per heavy atom. The van der Waals surface area contributed by atoms with E-state index in [2.05, 4.69) is 36.0 Å². The van der Waals surface area contributed by atoms with Crippen LogP contribution in [0.5, 0.6) is 0 Å². The fourth-order valence-corrected chi connectivity index (χ4v) is 3.30. The number of nitrogens with zero attached hydrogens (tertiary/aromatic N) is 2. The van der Waals surface area contributed by atoms with Crippen LogP contribution in [0.25, 0.3) is 0 Å². The zero-order valence-corrected chi connectivity index (χ0v) is 16.8. The molecule has 26 heavy (non-hydrogen) atoms. The van der Waals surface area contributed by atoms with Gasteiger partial charge in [0.25, 0.3) is 0 Å². The molecule has 0 aromatic heterocycles. The summed E-state index contributed by atoms with van der Waals surface area (Å²) in [5, 5.41) is 4.35. The molecule has 0 aliphatic carbocycles. The number of rotatable bonds is 8. The van der Waals surface area contributed by atoms with E-state index in [4.69, 9.17) is 14.3 Å². The van der Waals surface area contributed by atoms with Crippen molar-refractivity contribution in [2.75, 3.05) is 45.8 Å². The van der Waals surface area contributed by atoms with Crippen LogP contribution in [0.1, 0.15) is 26.3 Å². The number of carbonyl (C=O) groups is 1. The van der Waals surface area contributed by atoms with E-state index in [-0.39, 0.29) is 12.1 Å². The number of oxime groups is 1. The van der Waals surface area contributed by atoms with E-state index in [1.165, 1.54) is 4.90 Å². The molecule has 1 aromatic carbocycles. The largest absolute Gasteiger partial charge is 0.463 e. The number of hydrogen-bond donors (Lipinski definition) is 0. The third kappa shape index (κ3) is 5.46. The van der Waals surface area contributed by atoms with Crippen molar-refractivity contribution in [1.82, 2.24) is 4.90 Å². The fraction of sp³-hybridized carbons (Fsp3) is 0.579. The Labute approximate surface area is 159 Å². The average molecular weight is 381 g/mol. The Hall–Kier alpha value is -1.57. The summed E-state index contributed by atoms with van der Waals surface area (Å²) in [7, 11) is 0. The van der Waals surface area contributed by atoms with Crippen LogP contribution in [-0.4, -0.2) is 67.9 Å². The molecule has 1 saturated heterocycles. The van der Waals surface area contributed by atoms with E-state index in [1.54, 1.807) is 18.7 Å². The van der Waals surface area contributed by atoms with Crippen molar-refractivity contribution in [1.29, 1.82) is 0 Å². The standard InChI is InChI=1S/C19H28N2O4S/c1-5-24-17(22)14-25-20-18(15-6-8-16(26-4)9-7-15)19(2,3)21-10-12-23-13-11-21/h6-9H,5,10-14H2,1-4H3/b20-18-. The highest BCUT2D eigenvalue weighted by atomic mass is 32.2. The highest BCUT2D eigenvalue weighted by molar-refractivity contribution is 7.98. The van der Waals surface area contributed by atoms with Crippen LogP contribution in [0.4, 0.5) is 0 Å². The summed E-state index contributed by atoms with van der Waals surface area (Å²) >= 11 is 1.69. The molecule has 7 heteroatoms. The molecule has 1 fully saturated rings. The lowest BCUT2D eigenvalue weighted by atomic mass is 9.90. The van der Waals surface area contributed by atoms with Gasteiger partial charge in [-0.25, -0.2) is 4.79 Å². The van der Waals surface area contributed by atoms with E-state index in [0.29, 0.717) is 19.8 Å². The molecular formula is C19H28N2O4S. The molecule has 6 nitrogen and oxygen atoms in total. The van der Waals surface area contributed by atoms with Crippen LogP contribution in [0.2, 0.25) is 0 Å². The molecule has 0 bridgehead atoms. The number of thioether (sulfide) groups is 1. The highest BCUT2D eigenvalue weighted by Gasteiger charge is 2.35. The number of ether oxygens (including phenoxy) is 2. The van der Waals surface area contributed by atoms with E-state index < -0.39 is 5.97 Å². The summed E-state index contributed by atoms with van der Waals surface area (Å²) in [6.07, 6.45) is 2.05. The maximum atomic E-state index is 11.5. The summed E-state index contributed by atoms with van der Waals surface area (Å²) < 4.78 is 10.4. The van der Waals surface area contributed by atoms with E-state index in [9.17, 15) is 4.79 Å². The fourth-order valence-electron chi connectivity index (χ4n) is 2.89. The summed E-state index contributed by atoms with van der Waals surface area (Å²) in [6.45, 7) is 9.19. The number of morpholine rings is 1. The van der Waals surface area contributed by atoms with Gasteiger partial charge < -0.3 is 14.3 Å². The first-order valence-electron chi connectivity index (χ1n) is 8.82. The van der Waals surface area contributed by atoms with Gasteiger partial charge in [0, 0.05) is 23.5 Å². The Morgan fingerprint density at radius 3 is 2.50 bits per heavy atom. The molecule has 1 heterocycles. The zero-order chi connectivity index (χ0) is 19.0. The minimum atomic E-state index is -0.419. The number of hydrogen-bond acceptors (Lipinski definition) is 7. The minimum absolute atomic E-state index is 0.195. The van der Waals surface area contributed by atoms with Crippen molar-refractivity contribution in [2.24, 2.45) is 5.16 Å². The SMILES string of the molecule is CCOC(=O)CO/N=C(/c1ccc(SC)cc1)C(C)(C)N1CCOCC1. The molecule has 1 aromatic rings. The second-order valence-electron chi connectivity index (χ2n) is 6.41. The average Bonchev–Trinajstić information content (AvgIpc) is 2.66. The summed E-state index contributed by atoms with van der Waals surface area (Å²) in [4.78, 5) is 20.4. The molecule has 0 spiro atoms. The van der Waals surface area contributed by atoms with Crippen molar-refractivity contribution in [3.8, 4) is 0 Å². The van der Waals surface area contributed by atoms with Gasteiger partial charge in [0.2, 0.25) is 6.61 Å². The molecule has 0 saturated carbocycles. The lowest BCUT2D eigenvalue weighted by molar-refractivity contribution is -0.148. The first kappa shape index (κ1) is 20.7. The molecule has 0 radical (unpaired) electrons. The lowest BCUT2D eigenvalue weighted by Crippen LogP contribution is -2.54. The Morgan fingerprint density at radius 1 is 1.27 bits per heavy atom. The Bertz CT molecular complexity index is 610. The van der Waals surface area contributed by atoms with Gasteiger partial charge in [0.05, 0.1) is 25.4 Å². The van der Waals surface area contributed by atoms with Crippen LogP contribution < -0.4 is 0 Å². The van der Waals surface area contributed by atoms with Crippen LogP contribution in [0, 0.1) is 0 Å². The van der Waals surface area contributed by atoms with Gasteiger partial charge in [-0.2, -0.15) is 0 Å². The molecule has 144 valence electrons. The maximum Gasteiger partial charge on any atom is 0.347 e. The van der Waals surface area contributed by atoms with Gasteiger partial charge in [-0.15, -0.1) is 11.8 Å². The molecule has 1 aliphatic rings. The van der Waals surface area contributed by atoms with Crippen molar-refractivity contribution in [2.45, 2.75) is 31.2 Å². The molecule has 1 aliphatic heterocycles. The number of esters is 1. The zero-order valence-electron chi connectivity index (χ0n) is 16.0. The highest BCUT2D eigenvalue weighted by Crippen LogP contribution is 2.25. The smallest absolute Gasteiger partial charge is 0.347 e. The van der Waals surface area contributed by atoms with Gasteiger partial charge in [-0.3, -0.25) is 4.90 Å². The van der Waals surface area contributed by atoms with Gasteiger partial charge in [-0.05, 0) is 39.2 Å². The number of carbonyl (C=O) groups excluding carboxylic acids is 1. The quantitative estimate of drug-likeness (QED) is 0.299. The first-order chi connectivity index (χ1) is 12.5. The predicted molar refractivity (Wildman–Crippen MR) is 104 cm³/mol. The van der Waals surface area contributed by atoms with Crippen molar-refractivity contribution >= 4 is 23.4 Å². The van der Waals surface area contributed by atoms with Gasteiger partial charge >= 0.3 is 5.97 Å². The monoisotopic (exact) mass is 380 g/mol. The molecule has 0 amide bonds. The third-order valence-electron chi connectivity index (χ3n) is 4.39. The molecule has 0 N–H and O–H groups in total. The van der Waals surface area contributed by atoms with Crippen LogP contribution in [0.3, 0.4) is 0 Å². The van der Waals surface area contributed by atoms with Gasteiger partial charge in [0.15, 0.2) is 0 Å². The van der Waals surface area contributed by atoms with Crippen LogP contribution in [0.15, 0.2) is 34.3 Å². The topological polar surface area (TPSA) is 60.4 Å². The van der Waals surface area contributed by atoms with E-state index >= 15 is 0 Å². The molecular weight excluding hydrogens is 352 g/mol. The van der Waals surface area contributed by atoms with Crippen LogP contribution >= 0.6 is 11.8 Å². The lowest BCUT2D eigenvalue weighted by Gasteiger charge is -2.41. The Balaban J connectivity index is 2.25. The first-order valence-corrected chi connectivity index (χ1v) is 10.0. The van der Waals surface area contributed by atoms with Crippen molar-refractivity contribution in [3.05, 3.63) is 29.8 Å². The van der Waals surface area contributed by atoms with E-state index in [0.717, 1.165) is 24.4 Å². The number of benzene rings is 1. The third-order valence-corrected chi connectivity index (χ3v) is 5.13. The van der Waals surface area contributed by atoms with Crippen molar-refractivity contribution in [3.63, 3.8) is 0 Å². The van der Waals surface area contributed by atoms with Gasteiger partial charge in [0.1, 0.15) is 5.71 Å². The van der Waals surface area contributed by atoms with Crippen molar-refractivity contribution < 1.29 is 19.1 Å². The molecule has 0 atom stereocenters. The van der Waals surface area contributed by atoms with Gasteiger partial charge in [-0.1, -0.05) is 17.3 Å². The van der Waals surface area contributed by atoms with Crippen LogP contribution in [-0.2, 0) is 19.1 Å². The second-order valence-corrected chi connectivity index (χ2v) is 7.28.